The summed E-state index contributed by atoms with van der Waals surface area (Å²) < 4.78 is 0. The fourth-order valence-electron chi connectivity index (χ4n) is 2.90. The quantitative estimate of drug-likeness (QED) is 0.750. The lowest BCUT2D eigenvalue weighted by Gasteiger charge is -2.26. The third kappa shape index (κ3) is 2.66. The molecule has 3 rings (SSSR count). The van der Waals surface area contributed by atoms with Gasteiger partial charge in [0.1, 0.15) is 0 Å². The van der Waals surface area contributed by atoms with Gasteiger partial charge in [0.2, 0.25) is 11.8 Å². The molecule has 0 aromatic heterocycles. The Morgan fingerprint density at radius 3 is 2.81 bits per heavy atom. The molecule has 0 saturated carbocycles. The Labute approximate surface area is 123 Å². The minimum Gasteiger partial charge on any atom is -0.397 e. The van der Waals surface area contributed by atoms with Crippen molar-refractivity contribution >= 4 is 28.9 Å². The Balaban J connectivity index is 1.92. The summed E-state index contributed by atoms with van der Waals surface area (Å²) in [4.78, 5) is 27.3. The third-order valence-corrected chi connectivity index (χ3v) is 4.16. The number of likely N-dealkylation sites (N-methyl/N-ethyl adjacent to an activating group) is 1. The van der Waals surface area contributed by atoms with Gasteiger partial charge in [-0.2, -0.15) is 0 Å². The molecule has 2 heterocycles. The van der Waals surface area contributed by atoms with Crippen LogP contribution < -0.4 is 16.0 Å². The maximum atomic E-state index is 12.0. The predicted molar refractivity (Wildman–Crippen MR) is 82.3 cm³/mol. The lowest BCUT2D eigenvalue weighted by Crippen LogP contribution is -2.34. The van der Waals surface area contributed by atoms with E-state index in [1.165, 1.54) is 0 Å². The van der Waals surface area contributed by atoms with E-state index in [0.29, 0.717) is 25.1 Å². The van der Waals surface area contributed by atoms with E-state index in [1.807, 2.05) is 24.1 Å². The summed E-state index contributed by atoms with van der Waals surface area (Å²) in [5.41, 5.74) is 9.55. The number of benzene rings is 1. The summed E-state index contributed by atoms with van der Waals surface area (Å²) >= 11 is 0. The van der Waals surface area contributed by atoms with Gasteiger partial charge in [0.15, 0.2) is 0 Å². The van der Waals surface area contributed by atoms with Gasteiger partial charge < -0.3 is 20.9 Å². The van der Waals surface area contributed by atoms with Gasteiger partial charge in [-0.05, 0) is 30.5 Å². The second-order valence-corrected chi connectivity index (χ2v) is 5.71. The molecule has 2 aliphatic rings. The molecule has 1 aromatic rings. The standard InChI is InChI=1S/C15H20N4O2/c1-18-5-2-6-19(9-15(18)21)13-8-12-10(7-11(13)16)3-4-14(20)17-12/h7-8H,2-6,9,16H2,1H3,(H,17,20). The third-order valence-electron chi connectivity index (χ3n) is 4.16. The monoisotopic (exact) mass is 288 g/mol. The highest BCUT2D eigenvalue weighted by Gasteiger charge is 2.23. The minimum atomic E-state index is 0.0323. The van der Waals surface area contributed by atoms with E-state index < -0.39 is 0 Å². The van der Waals surface area contributed by atoms with Crippen molar-refractivity contribution in [2.75, 3.05) is 42.6 Å². The summed E-state index contributed by atoms with van der Waals surface area (Å²) in [5, 5.41) is 2.89. The van der Waals surface area contributed by atoms with Crippen molar-refractivity contribution in [3.8, 4) is 0 Å². The first kappa shape index (κ1) is 13.7. The van der Waals surface area contributed by atoms with Gasteiger partial charge in [-0.3, -0.25) is 9.59 Å². The normalized spacial score (nSPS) is 19.1. The van der Waals surface area contributed by atoms with Gasteiger partial charge >= 0.3 is 0 Å². The Hall–Kier alpha value is -2.24. The molecule has 3 N–H and O–H groups in total. The van der Waals surface area contributed by atoms with E-state index in [-0.39, 0.29) is 11.8 Å². The number of carbonyl (C=O) groups excluding carboxylic acids is 2. The number of nitrogens with one attached hydrogen (secondary N) is 1. The first-order chi connectivity index (χ1) is 10.0. The van der Waals surface area contributed by atoms with Crippen LogP contribution in [0.4, 0.5) is 17.1 Å². The van der Waals surface area contributed by atoms with E-state index >= 15 is 0 Å². The molecular formula is C15H20N4O2. The maximum absolute atomic E-state index is 12.0. The van der Waals surface area contributed by atoms with Crippen molar-refractivity contribution in [3.05, 3.63) is 17.7 Å². The number of nitrogens with zero attached hydrogens (tertiary/aromatic N) is 2. The van der Waals surface area contributed by atoms with Crippen LogP contribution in [0, 0.1) is 0 Å². The zero-order chi connectivity index (χ0) is 15.0. The number of fused-ring (bicyclic) bond motifs is 1. The SMILES string of the molecule is CN1CCCN(c2cc3c(cc2N)CCC(=O)N3)CC1=O. The smallest absolute Gasteiger partial charge is 0.241 e. The second-order valence-electron chi connectivity index (χ2n) is 5.71. The molecule has 21 heavy (non-hydrogen) atoms. The highest BCUT2D eigenvalue weighted by molar-refractivity contribution is 5.96. The zero-order valence-electron chi connectivity index (χ0n) is 12.2. The molecule has 0 unspecified atom stereocenters. The largest absolute Gasteiger partial charge is 0.397 e. The van der Waals surface area contributed by atoms with Crippen LogP contribution >= 0.6 is 0 Å². The highest BCUT2D eigenvalue weighted by Crippen LogP contribution is 2.33. The topological polar surface area (TPSA) is 78.7 Å². The molecule has 1 saturated heterocycles. The van der Waals surface area contributed by atoms with Crippen LogP contribution in [0.2, 0.25) is 0 Å². The Morgan fingerprint density at radius 1 is 1.19 bits per heavy atom. The molecular weight excluding hydrogens is 268 g/mol. The van der Waals surface area contributed by atoms with Crippen molar-refractivity contribution in [2.24, 2.45) is 0 Å². The summed E-state index contributed by atoms with van der Waals surface area (Å²) in [6.45, 7) is 1.87. The van der Waals surface area contributed by atoms with Gasteiger partial charge in [0.05, 0.1) is 17.9 Å². The van der Waals surface area contributed by atoms with E-state index in [1.54, 1.807) is 4.90 Å². The lowest BCUT2D eigenvalue weighted by atomic mass is 10.0. The Bertz CT molecular complexity index is 600. The van der Waals surface area contributed by atoms with Crippen molar-refractivity contribution in [1.29, 1.82) is 0 Å². The van der Waals surface area contributed by atoms with E-state index in [4.69, 9.17) is 5.73 Å². The number of aryl methyl sites for hydroxylation is 1. The number of hydrogen-bond donors (Lipinski definition) is 2. The van der Waals surface area contributed by atoms with Gasteiger partial charge in [-0.1, -0.05) is 0 Å². The summed E-state index contributed by atoms with van der Waals surface area (Å²) in [7, 11) is 1.82. The number of amides is 2. The van der Waals surface area contributed by atoms with Crippen molar-refractivity contribution in [1.82, 2.24) is 4.90 Å². The summed E-state index contributed by atoms with van der Waals surface area (Å²) in [6, 6.07) is 3.82. The Kier molecular flexibility index (Phi) is 3.45. The van der Waals surface area contributed by atoms with Crippen LogP contribution in [-0.2, 0) is 16.0 Å². The first-order valence-electron chi connectivity index (χ1n) is 7.26. The van der Waals surface area contributed by atoms with Crippen LogP contribution in [0.3, 0.4) is 0 Å². The fraction of sp³-hybridized carbons (Fsp3) is 0.467. The van der Waals surface area contributed by atoms with Crippen LogP contribution in [0.5, 0.6) is 0 Å². The molecule has 0 radical (unpaired) electrons. The van der Waals surface area contributed by atoms with E-state index in [9.17, 15) is 9.59 Å². The van der Waals surface area contributed by atoms with Crippen molar-refractivity contribution in [2.45, 2.75) is 19.3 Å². The molecule has 112 valence electrons. The number of nitrogen functional groups attached to an aromatic ring is 1. The molecule has 0 aliphatic carbocycles. The van der Waals surface area contributed by atoms with Crippen LogP contribution in [-0.4, -0.2) is 43.4 Å². The van der Waals surface area contributed by atoms with Crippen LogP contribution in [0.15, 0.2) is 12.1 Å². The van der Waals surface area contributed by atoms with Crippen molar-refractivity contribution in [3.63, 3.8) is 0 Å². The van der Waals surface area contributed by atoms with Gasteiger partial charge in [-0.15, -0.1) is 0 Å². The predicted octanol–water partition coefficient (Wildman–Crippen LogP) is 0.822. The molecule has 6 heteroatoms. The molecule has 1 fully saturated rings. The zero-order valence-corrected chi connectivity index (χ0v) is 12.2. The van der Waals surface area contributed by atoms with Crippen LogP contribution in [0.25, 0.3) is 0 Å². The molecule has 2 amide bonds. The average Bonchev–Trinajstić information content (AvgIpc) is 2.61. The number of rotatable bonds is 1. The van der Waals surface area contributed by atoms with Crippen LogP contribution in [0.1, 0.15) is 18.4 Å². The molecule has 0 spiro atoms. The first-order valence-corrected chi connectivity index (χ1v) is 7.26. The highest BCUT2D eigenvalue weighted by atomic mass is 16.2. The Morgan fingerprint density at radius 2 is 2.00 bits per heavy atom. The summed E-state index contributed by atoms with van der Waals surface area (Å²) in [5.74, 6) is 0.124. The van der Waals surface area contributed by atoms with E-state index in [0.717, 1.165) is 36.4 Å². The number of nitrogens with two attached hydrogens (primary N) is 1. The van der Waals surface area contributed by atoms with Gasteiger partial charge in [0.25, 0.3) is 0 Å². The molecule has 0 atom stereocenters. The summed E-state index contributed by atoms with van der Waals surface area (Å²) in [6.07, 6.45) is 2.12. The molecule has 1 aromatic carbocycles. The average molecular weight is 288 g/mol. The minimum absolute atomic E-state index is 0.0323. The molecule has 2 aliphatic heterocycles. The number of anilines is 3. The fourth-order valence-corrected chi connectivity index (χ4v) is 2.90. The van der Waals surface area contributed by atoms with Crippen molar-refractivity contribution < 1.29 is 9.59 Å². The second kappa shape index (κ2) is 5.27. The number of hydrogen-bond acceptors (Lipinski definition) is 4. The van der Waals surface area contributed by atoms with Gasteiger partial charge in [0, 0.05) is 32.2 Å². The van der Waals surface area contributed by atoms with E-state index in [2.05, 4.69) is 5.32 Å². The lowest BCUT2D eigenvalue weighted by molar-refractivity contribution is -0.127. The maximum Gasteiger partial charge on any atom is 0.241 e. The molecule has 6 nitrogen and oxygen atoms in total. The number of carbonyl (C=O) groups is 2. The molecule has 0 bridgehead atoms. The van der Waals surface area contributed by atoms with Gasteiger partial charge in [-0.25, -0.2) is 0 Å².